The van der Waals surface area contributed by atoms with Crippen molar-refractivity contribution in [3.63, 3.8) is 0 Å². The lowest BCUT2D eigenvalue weighted by Crippen LogP contribution is -2.27. The number of rotatable bonds is 2. The highest BCUT2D eigenvalue weighted by Crippen LogP contribution is 2.37. The molecule has 1 aliphatic carbocycles. The van der Waals surface area contributed by atoms with Crippen molar-refractivity contribution in [3.05, 3.63) is 46.2 Å². The van der Waals surface area contributed by atoms with E-state index in [-0.39, 0.29) is 11.2 Å². The van der Waals surface area contributed by atoms with E-state index in [2.05, 4.69) is 34.3 Å². The highest BCUT2D eigenvalue weighted by molar-refractivity contribution is 9.10. The number of carbonyl (C=O) groups excluding carboxylic acids is 1. The normalized spacial score (nSPS) is 16.7. The van der Waals surface area contributed by atoms with E-state index >= 15 is 0 Å². The predicted molar refractivity (Wildman–Crippen MR) is 86.5 cm³/mol. The molecule has 4 heteroatoms. The molecule has 1 aliphatic rings. The maximum Gasteiger partial charge on any atom is 0.165 e. The number of fused-ring (bicyclic) bond motifs is 1. The number of hydrogen-bond donors (Lipinski definition) is 0. The van der Waals surface area contributed by atoms with Crippen LogP contribution >= 0.6 is 15.9 Å². The molecule has 0 saturated heterocycles. The zero-order valence-electron chi connectivity index (χ0n) is 12.4. The highest BCUT2D eigenvalue weighted by Gasteiger charge is 2.33. The van der Waals surface area contributed by atoms with Crippen LogP contribution in [0, 0.1) is 5.41 Å². The van der Waals surface area contributed by atoms with Gasteiger partial charge in [0, 0.05) is 34.4 Å². The maximum absolute atomic E-state index is 12.3. The largest absolute Gasteiger partial charge is 0.497 e. The monoisotopic (exact) mass is 347 g/mol. The maximum atomic E-state index is 12.3. The molecule has 0 spiro atoms. The summed E-state index contributed by atoms with van der Waals surface area (Å²) in [7, 11) is 1.66. The molecule has 1 aromatic carbocycles. The predicted octanol–water partition coefficient (Wildman–Crippen LogP) is 4.40. The topological polar surface area (TPSA) is 31.2 Å². The third-order valence-electron chi connectivity index (χ3n) is 3.99. The molecule has 3 nitrogen and oxygen atoms in total. The Morgan fingerprint density at radius 1 is 1.24 bits per heavy atom. The van der Waals surface area contributed by atoms with Gasteiger partial charge in [0.1, 0.15) is 5.75 Å². The molecular weight excluding hydrogens is 330 g/mol. The van der Waals surface area contributed by atoms with Crippen LogP contribution in [-0.4, -0.2) is 17.5 Å². The van der Waals surface area contributed by atoms with E-state index in [1.165, 1.54) is 0 Å². The summed E-state index contributed by atoms with van der Waals surface area (Å²) in [5, 5.41) is 0. The van der Waals surface area contributed by atoms with Gasteiger partial charge in [-0.3, -0.25) is 4.79 Å². The van der Waals surface area contributed by atoms with Crippen molar-refractivity contribution < 1.29 is 9.53 Å². The minimum Gasteiger partial charge on any atom is -0.497 e. The molecule has 2 aromatic rings. The van der Waals surface area contributed by atoms with E-state index < -0.39 is 0 Å². The Labute approximate surface area is 133 Å². The summed E-state index contributed by atoms with van der Waals surface area (Å²) in [4.78, 5) is 12.3. The lowest BCUT2D eigenvalue weighted by Gasteiger charge is -2.29. The lowest BCUT2D eigenvalue weighted by molar-refractivity contribution is 0.0911. The summed E-state index contributed by atoms with van der Waals surface area (Å²) in [5.74, 6) is 1.04. The van der Waals surface area contributed by atoms with Crippen molar-refractivity contribution in [1.82, 2.24) is 4.57 Å². The van der Waals surface area contributed by atoms with Gasteiger partial charge >= 0.3 is 0 Å². The Kier molecular flexibility index (Phi) is 3.44. The van der Waals surface area contributed by atoms with Crippen molar-refractivity contribution in [2.24, 2.45) is 5.41 Å². The molecule has 1 heterocycles. The fraction of sp³-hybridized carbons (Fsp3) is 0.353. The van der Waals surface area contributed by atoms with Crippen LogP contribution in [0.15, 0.2) is 34.9 Å². The van der Waals surface area contributed by atoms with Crippen molar-refractivity contribution in [2.45, 2.75) is 26.7 Å². The van der Waals surface area contributed by atoms with Gasteiger partial charge in [0.25, 0.3) is 0 Å². The molecule has 0 amide bonds. The first kappa shape index (κ1) is 14.4. The van der Waals surface area contributed by atoms with Crippen LogP contribution < -0.4 is 4.74 Å². The van der Waals surface area contributed by atoms with Crippen LogP contribution in [0.5, 0.6) is 5.75 Å². The summed E-state index contributed by atoms with van der Waals surface area (Å²) in [6, 6.07) is 7.80. The molecule has 0 aliphatic heterocycles. The number of halogens is 1. The first-order valence-corrected chi connectivity index (χ1v) is 7.78. The zero-order valence-corrected chi connectivity index (χ0v) is 14.0. The van der Waals surface area contributed by atoms with Crippen LogP contribution in [0.2, 0.25) is 0 Å². The van der Waals surface area contributed by atoms with E-state index in [0.29, 0.717) is 6.42 Å². The molecule has 0 atom stereocenters. The minimum absolute atomic E-state index is 0.00549. The number of ether oxygens (including phenoxy) is 1. The number of methoxy groups -OCH3 is 1. The Morgan fingerprint density at radius 3 is 2.71 bits per heavy atom. The number of Topliss-reactive ketones (excluding diaryl/α,β-unsaturated/α-hetero) is 1. The van der Waals surface area contributed by atoms with E-state index in [9.17, 15) is 4.79 Å². The fourth-order valence-electron chi connectivity index (χ4n) is 2.97. The number of nitrogens with zero attached hydrogens (tertiary/aromatic N) is 1. The van der Waals surface area contributed by atoms with Gasteiger partial charge in [-0.15, -0.1) is 0 Å². The standard InChI is InChI=1S/C17H18BrNO2/c1-17(2)9-15-12(16(20)10-17)6-7-19(15)14-8-11(21-3)4-5-13(14)18/h4-8H,9-10H2,1-3H3. The average Bonchev–Trinajstić information content (AvgIpc) is 2.81. The van der Waals surface area contributed by atoms with Crippen LogP contribution in [-0.2, 0) is 6.42 Å². The van der Waals surface area contributed by atoms with Gasteiger partial charge < -0.3 is 9.30 Å². The summed E-state index contributed by atoms with van der Waals surface area (Å²) in [5.41, 5.74) is 2.95. The molecule has 110 valence electrons. The summed E-state index contributed by atoms with van der Waals surface area (Å²) in [6.45, 7) is 4.29. The molecule has 3 rings (SSSR count). The molecule has 0 N–H and O–H groups in total. The van der Waals surface area contributed by atoms with Crippen LogP contribution in [0.4, 0.5) is 0 Å². The molecule has 0 saturated carbocycles. The first-order valence-electron chi connectivity index (χ1n) is 6.99. The molecule has 1 aromatic heterocycles. The van der Waals surface area contributed by atoms with E-state index in [4.69, 9.17) is 4.74 Å². The Hall–Kier alpha value is -1.55. The Balaban J connectivity index is 2.16. The Bertz CT molecular complexity index is 716. The number of benzene rings is 1. The fourth-order valence-corrected chi connectivity index (χ4v) is 3.41. The summed E-state index contributed by atoms with van der Waals surface area (Å²) < 4.78 is 8.39. The third kappa shape index (κ3) is 2.53. The van der Waals surface area contributed by atoms with Crippen molar-refractivity contribution >= 4 is 21.7 Å². The summed E-state index contributed by atoms with van der Waals surface area (Å²) in [6.07, 6.45) is 3.48. The number of aromatic nitrogens is 1. The SMILES string of the molecule is COc1ccc(Br)c(-n2ccc3c2CC(C)(C)CC3=O)c1. The average molecular weight is 348 g/mol. The van der Waals surface area contributed by atoms with Crippen LogP contribution in [0.1, 0.15) is 36.3 Å². The lowest BCUT2D eigenvalue weighted by atomic mass is 9.76. The summed E-state index contributed by atoms with van der Waals surface area (Å²) >= 11 is 3.59. The second kappa shape index (κ2) is 5.02. The van der Waals surface area contributed by atoms with Gasteiger partial charge in [0.2, 0.25) is 0 Å². The number of carbonyl (C=O) groups is 1. The van der Waals surface area contributed by atoms with Crippen molar-refractivity contribution in [2.75, 3.05) is 7.11 Å². The molecule has 0 radical (unpaired) electrons. The van der Waals surface area contributed by atoms with Crippen LogP contribution in [0.25, 0.3) is 5.69 Å². The van der Waals surface area contributed by atoms with Gasteiger partial charge in [-0.25, -0.2) is 0 Å². The Morgan fingerprint density at radius 2 is 2.00 bits per heavy atom. The highest BCUT2D eigenvalue weighted by atomic mass is 79.9. The van der Waals surface area contributed by atoms with E-state index in [1.807, 2.05) is 30.5 Å². The second-order valence-electron chi connectivity index (χ2n) is 6.30. The zero-order chi connectivity index (χ0) is 15.2. The molecule has 0 unspecified atom stereocenters. The van der Waals surface area contributed by atoms with Gasteiger partial charge in [0.15, 0.2) is 5.78 Å². The van der Waals surface area contributed by atoms with E-state index in [0.717, 1.165) is 33.6 Å². The molecule has 0 fully saturated rings. The third-order valence-corrected chi connectivity index (χ3v) is 4.66. The molecule has 21 heavy (non-hydrogen) atoms. The van der Waals surface area contributed by atoms with Gasteiger partial charge in [-0.1, -0.05) is 13.8 Å². The van der Waals surface area contributed by atoms with Gasteiger partial charge in [0.05, 0.1) is 12.8 Å². The number of hydrogen-bond acceptors (Lipinski definition) is 2. The minimum atomic E-state index is 0.00549. The molecule has 0 bridgehead atoms. The van der Waals surface area contributed by atoms with Crippen LogP contribution in [0.3, 0.4) is 0 Å². The smallest absolute Gasteiger partial charge is 0.165 e. The van der Waals surface area contributed by atoms with Gasteiger partial charge in [-0.05, 0) is 46.0 Å². The second-order valence-corrected chi connectivity index (χ2v) is 7.16. The van der Waals surface area contributed by atoms with Crippen molar-refractivity contribution in [3.8, 4) is 11.4 Å². The first-order chi connectivity index (χ1) is 9.91. The van der Waals surface area contributed by atoms with Gasteiger partial charge in [-0.2, -0.15) is 0 Å². The van der Waals surface area contributed by atoms with Crippen molar-refractivity contribution in [1.29, 1.82) is 0 Å². The number of ketones is 1. The quantitative estimate of drug-likeness (QED) is 0.805. The van der Waals surface area contributed by atoms with E-state index in [1.54, 1.807) is 7.11 Å². The molecular formula is C17H18BrNO2.